The average molecular weight is 459 g/mol. The van der Waals surface area contributed by atoms with Gasteiger partial charge in [-0.15, -0.1) is 21.5 Å². The molecule has 9 nitrogen and oxygen atoms in total. The Balaban J connectivity index is 1.40. The summed E-state index contributed by atoms with van der Waals surface area (Å²) in [6.07, 6.45) is 2.14. The molecule has 0 amide bonds. The SMILES string of the molecule is CCCc1cc2c(N3CCn4c(C)nnc4C3)nc(OCC3COC(C)(C)OC3)nc2s1. The molecule has 1 fully saturated rings. The van der Waals surface area contributed by atoms with Gasteiger partial charge in [0.05, 0.1) is 31.8 Å². The van der Waals surface area contributed by atoms with E-state index < -0.39 is 5.79 Å². The Morgan fingerprint density at radius 2 is 2.00 bits per heavy atom. The molecule has 172 valence electrons. The second-order valence-electron chi connectivity index (χ2n) is 8.95. The second kappa shape index (κ2) is 8.57. The first kappa shape index (κ1) is 21.5. The van der Waals surface area contributed by atoms with Crippen molar-refractivity contribution in [1.29, 1.82) is 0 Å². The standard InChI is InChI=1S/C22H30N6O3S/c1-5-6-16-9-17-19(27-7-8-28-14(2)25-26-18(28)10-27)23-21(24-20(17)32-16)29-11-15-12-30-22(3,4)31-13-15/h9,15H,5-8,10-13H2,1-4H3. The molecule has 1 saturated heterocycles. The van der Waals surface area contributed by atoms with Gasteiger partial charge >= 0.3 is 6.01 Å². The molecule has 2 aliphatic rings. The lowest BCUT2D eigenvalue weighted by molar-refractivity contribution is -0.264. The van der Waals surface area contributed by atoms with Crippen LogP contribution in [0.4, 0.5) is 5.82 Å². The lowest BCUT2D eigenvalue weighted by Gasteiger charge is -2.34. The predicted molar refractivity (Wildman–Crippen MR) is 122 cm³/mol. The minimum atomic E-state index is -0.529. The molecule has 0 spiro atoms. The summed E-state index contributed by atoms with van der Waals surface area (Å²) in [7, 11) is 0. The molecule has 3 aromatic rings. The number of aryl methyl sites for hydroxylation is 2. The van der Waals surface area contributed by atoms with Crippen LogP contribution in [0.15, 0.2) is 6.07 Å². The molecular weight excluding hydrogens is 428 g/mol. The number of fused-ring (bicyclic) bond motifs is 2. The summed E-state index contributed by atoms with van der Waals surface area (Å²) >= 11 is 1.72. The van der Waals surface area contributed by atoms with E-state index in [4.69, 9.17) is 24.2 Å². The van der Waals surface area contributed by atoms with Crippen LogP contribution in [0.25, 0.3) is 10.2 Å². The molecule has 0 saturated carbocycles. The number of anilines is 1. The Morgan fingerprint density at radius 1 is 1.19 bits per heavy atom. The van der Waals surface area contributed by atoms with Crippen molar-refractivity contribution in [3.05, 3.63) is 22.6 Å². The summed E-state index contributed by atoms with van der Waals surface area (Å²) in [5.74, 6) is 2.45. The van der Waals surface area contributed by atoms with Crippen molar-refractivity contribution in [2.45, 2.75) is 59.4 Å². The highest BCUT2D eigenvalue weighted by molar-refractivity contribution is 7.18. The van der Waals surface area contributed by atoms with Crippen molar-refractivity contribution in [1.82, 2.24) is 24.7 Å². The van der Waals surface area contributed by atoms with Crippen LogP contribution < -0.4 is 9.64 Å². The summed E-state index contributed by atoms with van der Waals surface area (Å²) in [5.41, 5.74) is 0. The van der Waals surface area contributed by atoms with Crippen molar-refractivity contribution in [3.8, 4) is 6.01 Å². The van der Waals surface area contributed by atoms with Crippen LogP contribution in [0, 0.1) is 12.8 Å². The topological polar surface area (TPSA) is 87.4 Å². The monoisotopic (exact) mass is 458 g/mol. The fraction of sp³-hybridized carbons (Fsp3) is 0.636. The third kappa shape index (κ3) is 4.31. The number of aromatic nitrogens is 5. The quantitative estimate of drug-likeness (QED) is 0.556. The minimum absolute atomic E-state index is 0.154. The number of thiophene rings is 1. The first-order valence-electron chi connectivity index (χ1n) is 11.3. The Hall–Kier alpha value is -2.30. The van der Waals surface area contributed by atoms with Crippen LogP contribution >= 0.6 is 11.3 Å². The normalized spacial score (nSPS) is 18.8. The van der Waals surface area contributed by atoms with Gasteiger partial charge in [-0.05, 0) is 33.3 Å². The van der Waals surface area contributed by atoms with Crippen LogP contribution in [0.2, 0.25) is 0 Å². The molecule has 5 heterocycles. The fourth-order valence-electron chi connectivity index (χ4n) is 4.11. The van der Waals surface area contributed by atoms with Gasteiger partial charge in [0.15, 0.2) is 11.6 Å². The molecule has 0 unspecified atom stereocenters. The smallest absolute Gasteiger partial charge is 0.319 e. The summed E-state index contributed by atoms with van der Waals surface area (Å²) in [4.78, 5) is 14.1. The van der Waals surface area contributed by atoms with Crippen molar-refractivity contribution >= 4 is 27.4 Å². The zero-order chi connectivity index (χ0) is 22.3. The molecule has 0 radical (unpaired) electrons. The van der Waals surface area contributed by atoms with Crippen LogP contribution in [0.5, 0.6) is 6.01 Å². The Bertz CT molecular complexity index is 1100. The summed E-state index contributed by atoms with van der Waals surface area (Å²) < 4.78 is 19.7. The van der Waals surface area contributed by atoms with E-state index in [2.05, 4.69) is 32.7 Å². The molecule has 0 atom stereocenters. The summed E-state index contributed by atoms with van der Waals surface area (Å²) in [6, 6.07) is 2.64. The number of hydrogen-bond donors (Lipinski definition) is 0. The first-order valence-corrected chi connectivity index (χ1v) is 12.1. The van der Waals surface area contributed by atoms with Gasteiger partial charge in [0.1, 0.15) is 16.5 Å². The summed E-state index contributed by atoms with van der Waals surface area (Å²) in [6.45, 7) is 12.1. The molecule has 0 bridgehead atoms. The van der Waals surface area contributed by atoms with Crippen molar-refractivity contribution in [2.24, 2.45) is 5.92 Å². The molecule has 3 aromatic heterocycles. The number of rotatable bonds is 6. The maximum Gasteiger partial charge on any atom is 0.319 e. The lowest BCUT2D eigenvalue weighted by atomic mass is 10.1. The number of hydrogen-bond acceptors (Lipinski definition) is 9. The maximum absolute atomic E-state index is 6.06. The highest BCUT2D eigenvalue weighted by atomic mass is 32.1. The third-order valence-electron chi connectivity index (χ3n) is 5.92. The zero-order valence-corrected chi connectivity index (χ0v) is 19.9. The van der Waals surface area contributed by atoms with Gasteiger partial charge in [-0.3, -0.25) is 0 Å². The van der Waals surface area contributed by atoms with Crippen molar-refractivity contribution in [3.63, 3.8) is 0 Å². The lowest BCUT2D eigenvalue weighted by Crippen LogP contribution is -2.41. The molecule has 5 rings (SSSR count). The van der Waals surface area contributed by atoms with Gasteiger partial charge in [-0.25, -0.2) is 0 Å². The zero-order valence-electron chi connectivity index (χ0n) is 19.1. The second-order valence-corrected chi connectivity index (χ2v) is 10.1. The Morgan fingerprint density at radius 3 is 2.78 bits per heavy atom. The molecule has 0 aromatic carbocycles. The molecular formula is C22H30N6O3S. The maximum atomic E-state index is 6.06. The molecule has 0 aliphatic carbocycles. The van der Waals surface area contributed by atoms with Crippen LogP contribution in [0.3, 0.4) is 0 Å². The van der Waals surface area contributed by atoms with Gasteiger partial charge in [0.2, 0.25) is 0 Å². The molecule has 32 heavy (non-hydrogen) atoms. The number of ether oxygens (including phenoxy) is 3. The van der Waals surface area contributed by atoms with Crippen LogP contribution in [-0.2, 0) is 29.0 Å². The Labute approximate surface area is 191 Å². The molecule has 10 heteroatoms. The highest BCUT2D eigenvalue weighted by Gasteiger charge is 2.29. The van der Waals surface area contributed by atoms with E-state index in [1.165, 1.54) is 4.88 Å². The molecule has 0 N–H and O–H groups in total. The average Bonchev–Trinajstić information content (AvgIpc) is 3.35. The van der Waals surface area contributed by atoms with Crippen molar-refractivity contribution in [2.75, 3.05) is 31.3 Å². The van der Waals surface area contributed by atoms with Gasteiger partial charge in [0, 0.05) is 23.9 Å². The summed E-state index contributed by atoms with van der Waals surface area (Å²) in [5, 5.41) is 9.67. The van der Waals surface area contributed by atoms with Crippen molar-refractivity contribution < 1.29 is 14.2 Å². The van der Waals surface area contributed by atoms with E-state index in [-0.39, 0.29) is 5.92 Å². The van der Waals surface area contributed by atoms with E-state index in [1.54, 1.807) is 11.3 Å². The first-order chi connectivity index (χ1) is 15.4. The molecule has 2 aliphatic heterocycles. The van der Waals surface area contributed by atoms with Crippen LogP contribution in [-0.4, -0.2) is 56.9 Å². The largest absolute Gasteiger partial charge is 0.463 e. The van der Waals surface area contributed by atoms with E-state index in [1.807, 2.05) is 20.8 Å². The van der Waals surface area contributed by atoms with Gasteiger partial charge in [-0.1, -0.05) is 13.3 Å². The van der Waals surface area contributed by atoms with Gasteiger partial charge < -0.3 is 23.7 Å². The predicted octanol–water partition coefficient (Wildman–Crippen LogP) is 3.34. The highest BCUT2D eigenvalue weighted by Crippen LogP contribution is 2.35. The minimum Gasteiger partial charge on any atom is -0.463 e. The number of nitrogens with zero attached hydrogens (tertiary/aromatic N) is 6. The van der Waals surface area contributed by atoms with E-state index in [0.717, 1.165) is 53.6 Å². The third-order valence-corrected chi connectivity index (χ3v) is 7.01. The van der Waals surface area contributed by atoms with Gasteiger partial charge in [0.25, 0.3) is 0 Å². The Kier molecular flexibility index (Phi) is 5.77. The fourth-order valence-corrected chi connectivity index (χ4v) is 5.23. The van der Waals surface area contributed by atoms with Crippen LogP contribution in [0.1, 0.15) is 43.7 Å². The van der Waals surface area contributed by atoms with E-state index in [9.17, 15) is 0 Å². The van der Waals surface area contributed by atoms with E-state index in [0.29, 0.717) is 32.4 Å². The van der Waals surface area contributed by atoms with Gasteiger partial charge in [-0.2, -0.15) is 9.97 Å². The van der Waals surface area contributed by atoms with E-state index >= 15 is 0 Å².